The highest BCUT2D eigenvalue weighted by Gasteiger charge is 2.59. The number of hydrogen-bond donors (Lipinski definition) is 2. The molecule has 0 aromatic rings. The molecule has 3 saturated carbocycles. The molecule has 3 fully saturated rings. The topological polar surface area (TPSA) is 98.5 Å². The predicted molar refractivity (Wildman–Crippen MR) is 167 cm³/mol. The maximum absolute atomic E-state index is 12.6. The summed E-state index contributed by atoms with van der Waals surface area (Å²) >= 11 is 1.28. The maximum Gasteiger partial charge on any atom is 0.316 e. The Hall–Kier alpha value is -1.50. The van der Waals surface area contributed by atoms with E-state index in [1.54, 1.807) is 0 Å². The van der Waals surface area contributed by atoms with Crippen molar-refractivity contribution in [1.29, 1.82) is 0 Å². The van der Waals surface area contributed by atoms with Gasteiger partial charge in [0.05, 0.1) is 5.75 Å². The molecule has 6 nitrogen and oxygen atoms in total. The van der Waals surface area contributed by atoms with E-state index in [4.69, 9.17) is 10.5 Å². The quantitative estimate of drug-likeness (QED) is 0.196. The van der Waals surface area contributed by atoms with Crippen LogP contribution < -0.4 is 11.1 Å². The summed E-state index contributed by atoms with van der Waals surface area (Å²) in [5.74, 6) is 4.17. The van der Waals surface area contributed by atoms with E-state index >= 15 is 0 Å². The first-order valence-corrected chi connectivity index (χ1v) is 17.5. The molecule has 2 amide bonds. The van der Waals surface area contributed by atoms with Crippen LogP contribution in [-0.2, 0) is 19.1 Å². The van der Waals surface area contributed by atoms with Crippen molar-refractivity contribution in [3.8, 4) is 0 Å². The normalized spacial score (nSPS) is 35.9. The van der Waals surface area contributed by atoms with Gasteiger partial charge in [-0.2, -0.15) is 0 Å². The highest BCUT2D eigenvalue weighted by molar-refractivity contribution is 8.00. The van der Waals surface area contributed by atoms with Gasteiger partial charge < -0.3 is 15.8 Å². The van der Waals surface area contributed by atoms with Crippen molar-refractivity contribution >= 4 is 29.5 Å². The van der Waals surface area contributed by atoms with E-state index in [2.05, 4.69) is 46.0 Å². The summed E-state index contributed by atoms with van der Waals surface area (Å²) in [5, 5.41) is 2.53. The van der Waals surface area contributed by atoms with Crippen LogP contribution in [0.4, 0.5) is 0 Å². The number of carbonyl (C=O) groups excluding carboxylic acids is 3. The van der Waals surface area contributed by atoms with Gasteiger partial charge in [-0.3, -0.25) is 14.4 Å². The molecule has 4 rings (SSSR count). The van der Waals surface area contributed by atoms with Gasteiger partial charge in [0.1, 0.15) is 12.1 Å². The zero-order valence-corrected chi connectivity index (χ0v) is 27.3. The van der Waals surface area contributed by atoms with Gasteiger partial charge in [-0.25, -0.2) is 0 Å². The predicted octanol–water partition coefficient (Wildman–Crippen LogP) is 6.66. The van der Waals surface area contributed by atoms with Gasteiger partial charge in [-0.05, 0) is 91.3 Å². The van der Waals surface area contributed by atoms with Crippen molar-refractivity contribution in [3.05, 3.63) is 11.6 Å². The third kappa shape index (κ3) is 7.18. The van der Waals surface area contributed by atoms with Gasteiger partial charge in [-0.15, -0.1) is 11.8 Å². The van der Waals surface area contributed by atoms with Crippen LogP contribution in [0.2, 0.25) is 0 Å². The Morgan fingerprint density at radius 1 is 1.07 bits per heavy atom. The molecule has 0 aliphatic heterocycles. The molecule has 9 atom stereocenters. The summed E-state index contributed by atoms with van der Waals surface area (Å²) in [4.78, 5) is 35.5. The van der Waals surface area contributed by atoms with Gasteiger partial charge >= 0.3 is 5.97 Å². The van der Waals surface area contributed by atoms with Crippen molar-refractivity contribution in [1.82, 2.24) is 5.32 Å². The van der Waals surface area contributed by atoms with Crippen molar-refractivity contribution in [2.75, 3.05) is 11.5 Å². The number of carbonyl (C=O) groups is 3. The summed E-state index contributed by atoms with van der Waals surface area (Å²) in [6.45, 7) is 13.8. The number of amides is 2. The lowest BCUT2D eigenvalue weighted by Crippen LogP contribution is -2.51. The van der Waals surface area contributed by atoms with Crippen molar-refractivity contribution in [2.45, 2.75) is 124 Å². The van der Waals surface area contributed by atoms with Gasteiger partial charge in [0.2, 0.25) is 11.8 Å². The molecule has 1 unspecified atom stereocenters. The molecule has 0 bridgehead atoms. The summed E-state index contributed by atoms with van der Waals surface area (Å²) < 4.78 is 5.91. The van der Waals surface area contributed by atoms with Crippen molar-refractivity contribution in [3.63, 3.8) is 0 Å². The minimum Gasteiger partial charge on any atom is -0.461 e. The number of nitrogens with one attached hydrogen (secondary N) is 1. The second-order valence-electron chi connectivity index (χ2n) is 14.8. The standard InChI is InChI=1S/C34H56N2O4S/c1-21(2)8-7-9-22(3)27-12-13-28-26-11-10-24-18-25(14-16-33(24,5)29(26)15-17-34(27,28)6)40-31(38)20-41-19-30(32(35)39)36-23(4)37/h10,21-22,25-30H,7-9,11-20H2,1-6H3,(H2,35,39)(H,36,37)/t22-,25+,26+,27-,28?,29+,30+,33+,34-/m1/s1. The molecule has 0 saturated heterocycles. The second kappa shape index (κ2) is 13.4. The lowest BCUT2D eigenvalue weighted by molar-refractivity contribution is -0.148. The van der Waals surface area contributed by atoms with Crippen LogP contribution in [0.5, 0.6) is 0 Å². The highest BCUT2D eigenvalue weighted by Crippen LogP contribution is 2.67. The van der Waals surface area contributed by atoms with E-state index in [0.29, 0.717) is 5.41 Å². The number of allylic oxidation sites excluding steroid dienone is 1. The monoisotopic (exact) mass is 588 g/mol. The number of ether oxygens (including phenoxy) is 1. The lowest BCUT2D eigenvalue weighted by Gasteiger charge is -2.58. The minimum atomic E-state index is -0.776. The van der Waals surface area contributed by atoms with E-state index in [-0.39, 0.29) is 34.9 Å². The number of rotatable bonds is 12. The van der Waals surface area contributed by atoms with Crippen LogP contribution in [0, 0.1) is 46.3 Å². The molecule has 4 aliphatic carbocycles. The molecular weight excluding hydrogens is 532 g/mol. The minimum absolute atomic E-state index is 0.0716. The molecule has 232 valence electrons. The average molecular weight is 589 g/mol. The van der Waals surface area contributed by atoms with Gasteiger partial charge in [0.15, 0.2) is 0 Å². The molecule has 0 aromatic carbocycles. The second-order valence-corrected chi connectivity index (χ2v) is 15.8. The highest BCUT2D eigenvalue weighted by atomic mass is 32.2. The molecule has 4 aliphatic rings. The van der Waals surface area contributed by atoms with E-state index < -0.39 is 11.9 Å². The Kier molecular flexibility index (Phi) is 10.6. The Bertz CT molecular complexity index is 997. The van der Waals surface area contributed by atoms with Crippen LogP contribution in [0.25, 0.3) is 0 Å². The van der Waals surface area contributed by atoms with E-state index in [1.807, 2.05) is 0 Å². The van der Waals surface area contributed by atoms with Gasteiger partial charge in [0, 0.05) is 19.1 Å². The Morgan fingerprint density at radius 3 is 2.51 bits per heavy atom. The van der Waals surface area contributed by atoms with Crippen LogP contribution in [0.15, 0.2) is 11.6 Å². The largest absolute Gasteiger partial charge is 0.461 e. The van der Waals surface area contributed by atoms with E-state index in [1.165, 1.54) is 75.6 Å². The number of hydrogen-bond acceptors (Lipinski definition) is 5. The average Bonchev–Trinajstić information content (AvgIpc) is 3.25. The fourth-order valence-corrected chi connectivity index (χ4v) is 10.5. The number of thioether (sulfide) groups is 1. The molecule has 0 radical (unpaired) electrons. The molecule has 0 aromatic heterocycles. The number of nitrogens with two attached hydrogens (primary N) is 1. The number of fused-ring (bicyclic) bond motifs is 5. The summed E-state index contributed by atoms with van der Waals surface area (Å²) in [6.07, 6.45) is 16.2. The van der Waals surface area contributed by atoms with E-state index in [9.17, 15) is 14.4 Å². The van der Waals surface area contributed by atoms with Crippen LogP contribution >= 0.6 is 11.8 Å². The smallest absolute Gasteiger partial charge is 0.316 e. The Balaban J connectivity index is 1.32. The first kappa shape index (κ1) is 32.4. The number of esters is 1. The Labute approximate surface area is 253 Å². The van der Waals surface area contributed by atoms with Crippen molar-refractivity contribution in [2.24, 2.45) is 52.1 Å². The van der Waals surface area contributed by atoms with Crippen molar-refractivity contribution < 1.29 is 19.1 Å². The Morgan fingerprint density at radius 2 is 1.83 bits per heavy atom. The van der Waals surface area contributed by atoms with Crippen LogP contribution in [0.3, 0.4) is 0 Å². The molecule has 7 heteroatoms. The maximum atomic E-state index is 12.6. The first-order valence-electron chi connectivity index (χ1n) is 16.4. The SMILES string of the molecule is CC(=O)N[C@@H](CSCC(=O)O[C@H]1CC[C@@]2(C)C(=CC[C@H]3C4CC[C@H]([C@H](C)CCCC(C)C)[C@@]4(C)CC[C@@H]32)C1)C(N)=O. The zero-order chi connectivity index (χ0) is 29.9. The number of primary amides is 1. The third-order valence-corrected chi connectivity index (χ3v) is 12.8. The molecule has 41 heavy (non-hydrogen) atoms. The first-order chi connectivity index (χ1) is 19.3. The summed E-state index contributed by atoms with van der Waals surface area (Å²) in [7, 11) is 0. The van der Waals surface area contributed by atoms with E-state index in [0.717, 1.165) is 54.8 Å². The van der Waals surface area contributed by atoms with Crippen LogP contribution in [0.1, 0.15) is 112 Å². The molecule has 0 heterocycles. The fourth-order valence-electron chi connectivity index (χ4n) is 9.67. The van der Waals surface area contributed by atoms with Gasteiger partial charge in [0.25, 0.3) is 0 Å². The summed E-state index contributed by atoms with van der Waals surface area (Å²) in [5.41, 5.74) is 7.62. The third-order valence-electron chi connectivity index (χ3n) is 11.8. The molecular formula is C34H56N2O4S. The molecule has 3 N–H and O–H groups in total. The zero-order valence-electron chi connectivity index (χ0n) is 26.5. The van der Waals surface area contributed by atoms with Crippen LogP contribution in [-0.4, -0.2) is 41.4 Å². The lowest BCUT2D eigenvalue weighted by atomic mass is 9.47. The summed E-state index contributed by atoms with van der Waals surface area (Å²) in [6, 6.07) is -0.776. The molecule has 0 spiro atoms. The van der Waals surface area contributed by atoms with Gasteiger partial charge in [-0.1, -0.05) is 65.5 Å². The fraction of sp³-hybridized carbons (Fsp3) is 0.853.